The van der Waals surface area contributed by atoms with Gasteiger partial charge in [0.15, 0.2) is 0 Å². The van der Waals surface area contributed by atoms with Gasteiger partial charge in [-0.1, -0.05) is 26.0 Å². The lowest BCUT2D eigenvalue weighted by molar-refractivity contribution is -0.126. The highest BCUT2D eigenvalue weighted by Gasteiger charge is 2.58. The highest BCUT2D eigenvalue weighted by Crippen LogP contribution is 2.51. The standard InChI is InChI=1S/C33H50BN3O6/c1-29(2,3)41-28(40)35-14-12-33(13-15-35)24-11-10-21(34-42-31(6,7)32(8,9)43-34)16-25(24)37(27(33)39)23-17-22(18-23)36-19-26(38)30(4,5)20-36/h10-11,16,22-23,26,38H,12-15,17-20H2,1-9H3/t22?,23?,26-/m1/s1. The summed E-state index contributed by atoms with van der Waals surface area (Å²) in [5, 5.41) is 10.6. The number of carbonyl (C=O) groups excluding carboxylic acids is 2. The van der Waals surface area contributed by atoms with Gasteiger partial charge in [0.1, 0.15) is 5.60 Å². The predicted octanol–water partition coefficient (Wildman–Crippen LogP) is 3.83. The molecule has 5 aliphatic rings. The Hall–Kier alpha value is -2.14. The molecule has 1 aliphatic carbocycles. The summed E-state index contributed by atoms with van der Waals surface area (Å²) < 4.78 is 18.4. The summed E-state index contributed by atoms with van der Waals surface area (Å²) in [5.74, 6) is 0.141. The Morgan fingerprint density at radius 1 is 1.00 bits per heavy atom. The Labute approximate surface area is 257 Å². The first-order valence-electron chi connectivity index (χ1n) is 16.1. The summed E-state index contributed by atoms with van der Waals surface area (Å²) in [4.78, 5) is 33.6. The zero-order valence-corrected chi connectivity index (χ0v) is 27.5. The van der Waals surface area contributed by atoms with Gasteiger partial charge in [0.05, 0.1) is 22.7 Å². The number of ether oxygens (including phenoxy) is 1. The lowest BCUT2D eigenvalue weighted by Gasteiger charge is -2.46. The Morgan fingerprint density at radius 3 is 2.14 bits per heavy atom. The van der Waals surface area contributed by atoms with Crippen molar-refractivity contribution in [2.75, 3.05) is 31.1 Å². The number of anilines is 1. The number of aliphatic hydroxyl groups is 1. The fourth-order valence-electron chi connectivity index (χ4n) is 7.49. The van der Waals surface area contributed by atoms with Gasteiger partial charge in [-0.3, -0.25) is 9.69 Å². The average Bonchev–Trinajstić information content (AvgIpc) is 3.35. The molecule has 4 fully saturated rings. The van der Waals surface area contributed by atoms with Crippen LogP contribution in [0.4, 0.5) is 10.5 Å². The van der Waals surface area contributed by atoms with Crippen molar-refractivity contribution in [3.63, 3.8) is 0 Å². The minimum absolute atomic E-state index is 0.0916. The van der Waals surface area contributed by atoms with Gasteiger partial charge in [-0.25, -0.2) is 4.79 Å². The number of amides is 2. The number of benzene rings is 1. The summed E-state index contributed by atoms with van der Waals surface area (Å²) in [6.07, 6.45) is 2.24. The van der Waals surface area contributed by atoms with Gasteiger partial charge >= 0.3 is 13.2 Å². The quantitative estimate of drug-likeness (QED) is 0.532. The molecule has 1 N–H and O–H groups in total. The predicted molar refractivity (Wildman–Crippen MR) is 167 cm³/mol. The monoisotopic (exact) mass is 595 g/mol. The molecule has 10 heteroatoms. The van der Waals surface area contributed by atoms with E-state index >= 15 is 0 Å². The van der Waals surface area contributed by atoms with E-state index in [2.05, 4.69) is 69.5 Å². The van der Waals surface area contributed by atoms with Crippen LogP contribution < -0.4 is 10.4 Å². The zero-order chi connectivity index (χ0) is 31.3. The number of hydrogen-bond donors (Lipinski definition) is 1. The van der Waals surface area contributed by atoms with E-state index < -0.39 is 29.3 Å². The first kappa shape index (κ1) is 30.9. The van der Waals surface area contributed by atoms with Gasteiger partial charge in [-0.15, -0.1) is 0 Å². The molecular weight excluding hydrogens is 545 g/mol. The van der Waals surface area contributed by atoms with Crippen molar-refractivity contribution in [3.8, 4) is 0 Å². The molecule has 1 atom stereocenters. The van der Waals surface area contributed by atoms with Crippen molar-refractivity contribution < 1.29 is 28.7 Å². The molecule has 4 heterocycles. The molecule has 1 aromatic carbocycles. The molecule has 0 aromatic heterocycles. The second kappa shape index (κ2) is 9.93. The first-order valence-corrected chi connectivity index (χ1v) is 16.1. The highest BCUT2D eigenvalue weighted by atomic mass is 16.7. The van der Waals surface area contributed by atoms with Crippen molar-refractivity contribution in [2.24, 2.45) is 5.41 Å². The maximum absolute atomic E-state index is 14.6. The second-order valence-electron chi connectivity index (χ2n) is 16.3. The Balaban J connectivity index is 1.27. The summed E-state index contributed by atoms with van der Waals surface area (Å²) >= 11 is 0. The summed E-state index contributed by atoms with van der Waals surface area (Å²) in [6, 6.07) is 6.72. The molecule has 43 heavy (non-hydrogen) atoms. The maximum atomic E-state index is 14.6. The van der Waals surface area contributed by atoms with Crippen molar-refractivity contribution in [3.05, 3.63) is 23.8 Å². The molecule has 6 rings (SSSR count). The van der Waals surface area contributed by atoms with Crippen LogP contribution in [-0.4, -0.2) is 95.2 Å². The molecular formula is C33H50BN3O6. The van der Waals surface area contributed by atoms with Gasteiger partial charge in [0.2, 0.25) is 5.91 Å². The Bertz CT molecular complexity index is 1280. The van der Waals surface area contributed by atoms with E-state index in [9.17, 15) is 14.7 Å². The minimum Gasteiger partial charge on any atom is -0.444 e. The molecule has 1 saturated carbocycles. The van der Waals surface area contributed by atoms with E-state index in [1.54, 1.807) is 4.90 Å². The molecule has 1 spiro atoms. The lowest BCUT2D eigenvalue weighted by atomic mass is 9.71. The topological polar surface area (TPSA) is 91.8 Å². The number of likely N-dealkylation sites (tertiary alicyclic amines) is 2. The lowest BCUT2D eigenvalue weighted by Crippen LogP contribution is -2.58. The van der Waals surface area contributed by atoms with Gasteiger partial charge in [-0.05, 0) is 91.2 Å². The van der Waals surface area contributed by atoms with E-state index in [0.717, 1.165) is 36.1 Å². The molecule has 236 valence electrons. The van der Waals surface area contributed by atoms with Crippen LogP contribution in [0.25, 0.3) is 0 Å². The molecule has 0 bridgehead atoms. The number of β-amino-alcohol motifs (C(OH)–C–C–N with tert-alkyl or cyclic N) is 1. The summed E-state index contributed by atoms with van der Waals surface area (Å²) in [6.45, 7) is 20.6. The third kappa shape index (κ3) is 5.10. The van der Waals surface area contributed by atoms with E-state index in [0.29, 0.717) is 38.5 Å². The summed E-state index contributed by atoms with van der Waals surface area (Å²) in [5.41, 5.74) is 0.637. The van der Waals surface area contributed by atoms with Crippen LogP contribution >= 0.6 is 0 Å². The normalized spacial score (nSPS) is 31.0. The van der Waals surface area contributed by atoms with E-state index in [-0.39, 0.29) is 29.6 Å². The fourth-order valence-corrected chi connectivity index (χ4v) is 7.49. The van der Waals surface area contributed by atoms with Gasteiger partial charge in [0, 0.05) is 49.4 Å². The number of aliphatic hydroxyl groups excluding tert-OH is 1. The van der Waals surface area contributed by atoms with Crippen LogP contribution in [0.15, 0.2) is 18.2 Å². The maximum Gasteiger partial charge on any atom is 0.494 e. The van der Waals surface area contributed by atoms with Crippen molar-refractivity contribution in [1.82, 2.24) is 9.80 Å². The van der Waals surface area contributed by atoms with E-state index in [1.807, 2.05) is 20.8 Å². The van der Waals surface area contributed by atoms with Crippen LogP contribution in [0.1, 0.15) is 93.6 Å². The number of fused-ring (bicyclic) bond motifs is 2. The van der Waals surface area contributed by atoms with Crippen molar-refractivity contribution in [2.45, 2.75) is 128 Å². The van der Waals surface area contributed by atoms with Crippen molar-refractivity contribution >= 4 is 30.3 Å². The Kier molecular flexibility index (Phi) is 7.13. The third-order valence-corrected chi connectivity index (χ3v) is 11.1. The molecule has 2 amide bonds. The highest BCUT2D eigenvalue weighted by molar-refractivity contribution is 6.62. The number of piperidine rings is 1. The van der Waals surface area contributed by atoms with Gasteiger partial charge < -0.3 is 29.0 Å². The number of nitrogens with zero attached hydrogens (tertiary/aromatic N) is 3. The molecule has 9 nitrogen and oxygen atoms in total. The largest absolute Gasteiger partial charge is 0.494 e. The van der Waals surface area contributed by atoms with E-state index in [4.69, 9.17) is 14.0 Å². The van der Waals surface area contributed by atoms with Gasteiger partial charge in [-0.2, -0.15) is 0 Å². The molecule has 3 saturated heterocycles. The number of hydrogen-bond acceptors (Lipinski definition) is 7. The first-order chi connectivity index (χ1) is 19.8. The molecule has 0 radical (unpaired) electrons. The Morgan fingerprint density at radius 2 is 1.60 bits per heavy atom. The zero-order valence-electron chi connectivity index (χ0n) is 27.5. The second-order valence-corrected chi connectivity index (χ2v) is 16.3. The van der Waals surface area contributed by atoms with Crippen LogP contribution in [0.2, 0.25) is 0 Å². The average molecular weight is 596 g/mol. The third-order valence-electron chi connectivity index (χ3n) is 11.1. The smallest absolute Gasteiger partial charge is 0.444 e. The fraction of sp³-hybridized carbons (Fsp3) is 0.758. The summed E-state index contributed by atoms with van der Waals surface area (Å²) in [7, 11) is -0.514. The molecule has 4 aliphatic heterocycles. The number of rotatable bonds is 3. The van der Waals surface area contributed by atoms with Crippen LogP contribution in [0.5, 0.6) is 0 Å². The van der Waals surface area contributed by atoms with Crippen LogP contribution in [-0.2, 0) is 24.3 Å². The molecule has 1 aromatic rings. The van der Waals surface area contributed by atoms with Crippen LogP contribution in [0.3, 0.4) is 0 Å². The van der Waals surface area contributed by atoms with Crippen LogP contribution in [0, 0.1) is 5.41 Å². The molecule has 0 unspecified atom stereocenters. The SMILES string of the molecule is CC(C)(C)OC(=O)N1CCC2(CC1)C(=O)N(C1CC(N3C[C@@H](O)C(C)(C)C3)C1)c1cc(B3OC(C)(C)C(C)(C)O3)ccc12. The van der Waals surface area contributed by atoms with E-state index in [1.165, 1.54) is 0 Å². The number of carbonyl (C=O) groups is 2. The van der Waals surface area contributed by atoms with Crippen molar-refractivity contribution in [1.29, 1.82) is 0 Å². The van der Waals surface area contributed by atoms with Gasteiger partial charge in [0.25, 0.3) is 0 Å². The minimum atomic E-state index is -0.667.